The maximum atomic E-state index is 4.06. The number of nitrogens with zero attached hydrogens (tertiary/aromatic N) is 1. The average Bonchev–Trinajstić information content (AvgIpc) is 2.05. The van der Waals surface area contributed by atoms with Crippen LogP contribution < -0.4 is 5.32 Å². The topological polar surface area (TPSA) is 24.9 Å². The fourth-order valence-corrected chi connectivity index (χ4v) is 1.54. The van der Waals surface area contributed by atoms with E-state index in [4.69, 9.17) is 0 Å². The Balaban J connectivity index is 2.41. The van der Waals surface area contributed by atoms with Crippen molar-refractivity contribution in [2.24, 2.45) is 0 Å². The van der Waals surface area contributed by atoms with Crippen LogP contribution in [0.4, 0.5) is 0 Å². The predicted molar refractivity (Wildman–Crippen MR) is 57.4 cm³/mol. The molecule has 12 heavy (non-hydrogen) atoms. The lowest BCUT2D eigenvalue weighted by molar-refractivity contribution is 0.731. The first-order valence-corrected chi connectivity index (χ1v) is 5.60. The van der Waals surface area contributed by atoms with E-state index in [1.165, 1.54) is 5.56 Å². The zero-order chi connectivity index (χ0) is 8.81. The molecule has 4 heteroatoms. The molecular weight excluding hydrogens is 284 g/mol. The lowest BCUT2D eigenvalue weighted by Crippen LogP contribution is -2.15. The van der Waals surface area contributed by atoms with Crippen LogP contribution in [0, 0.1) is 0 Å². The Bertz CT molecular complexity index is 240. The molecular formula is C8H10Br2N2. The highest BCUT2D eigenvalue weighted by molar-refractivity contribution is 9.10. The van der Waals surface area contributed by atoms with Crippen molar-refractivity contribution in [1.29, 1.82) is 0 Å². The monoisotopic (exact) mass is 292 g/mol. The number of rotatable bonds is 4. The van der Waals surface area contributed by atoms with Gasteiger partial charge in [0.25, 0.3) is 0 Å². The van der Waals surface area contributed by atoms with Gasteiger partial charge in [-0.05, 0) is 27.6 Å². The molecule has 0 unspecified atom stereocenters. The van der Waals surface area contributed by atoms with Crippen molar-refractivity contribution in [1.82, 2.24) is 10.3 Å². The van der Waals surface area contributed by atoms with Crippen molar-refractivity contribution >= 4 is 31.9 Å². The Morgan fingerprint density at radius 3 is 2.92 bits per heavy atom. The van der Waals surface area contributed by atoms with Crippen LogP contribution in [-0.4, -0.2) is 16.9 Å². The summed E-state index contributed by atoms with van der Waals surface area (Å²) in [6.45, 7) is 1.85. The number of pyridine rings is 1. The smallest absolute Gasteiger partial charge is 0.0410 e. The second-order valence-corrected chi connectivity index (χ2v) is 4.09. The molecule has 0 fully saturated rings. The van der Waals surface area contributed by atoms with Gasteiger partial charge in [-0.3, -0.25) is 4.98 Å². The Morgan fingerprint density at radius 1 is 1.42 bits per heavy atom. The minimum atomic E-state index is 0.873. The molecule has 0 aliphatic heterocycles. The molecule has 0 saturated heterocycles. The third-order valence-electron chi connectivity index (χ3n) is 1.36. The van der Waals surface area contributed by atoms with Gasteiger partial charge in [-0.25, -0.2) is 0 Å². The van der Waals surface area contributed by atoms with Crippen LogP contribution in [0.15, 0.2) is 22.9 Å². The summed E-state index contributed by atoms with van der Waals surface area (Å²) in [4.78, 5) is 4.06. The predicted octanol–water partition coefficient (Wildman–Crippen LogP) is 2.33. The van der Waals surface area contributed by atoms with Crippen LogP contribution in [0.1, 0.15) is 5.56 Å². The molecule has 66 valence electrons. The highest BCUT2D eigenvalue weighted by atomic mass is 79.9. The van der Waals surface area contributed by atoms with Gasteiger partial charge in [-0.1, -0.05) is 15.9 Å². The van der Waals surface area contributed by atoms with Crippen LogP contribution in [0.25, 0.3) is 0 Å². The first-order valence-electron chi connectivity index (χ1n) is 3.69. The minimum Gasteiger partial charge on any atom is -0.312 e. The Labute approximate surface area is 89.0 Å². The summed E-state index contributed by atoms with van der Waals surface area (Å²) in [5, 5.41) is 4.25. The fourth-order valence-electron chi connectivity index (χ4n) is 0.852. The summed E-state index contributed by atoms with van der Waals surface area (Å²) >= 11 is 6.72. The first kappa shape index (κ1) is 10.2. The number of hydrogen-bond acceptors (Lipinski definition) is 2. The van der Waals surface area contributed by atoms with Gasteiger partial charge in [-0.15, -0.1) is 0 Å². The Morgan fingerprint density at radius 2 is 2.25 bits per heavy atom. The van der Waals surface area contributed by atoms with Crippen molar-refractivity contribution < 1.29 is 0 Å². The molecule has 0 radical (unpaired) electrons. The lowest BCUT2D eigenvalue weighted by Gasteiger charge is -2.01. The van der Waals surface area contributed by atoms with E-state index < -0.39 is 0 Å². The summed E-state index contributed by atoms with van der Waals surface area (Å²) < 4.78 is 1.03. The van der Waals surface area contributed by atoms with Gasteiger partial charge in [0, 0.05) is 35.3 Å². The van der Waals surface area contributed by atoms with Gasteiger partial charge >= 0.3 is 0 Å². The third-order valence-corrected chi connectivity index (χ3v) is 2.19. The largest absolute Gasteiger partial charge is 0.312 e. The van der Waals surface area contributed by atoms with Crippen molar-refractivity contribution in [2.75, 3.05) is 11.9 Å². The maximum Gasteiger partial charge on any atom is 0.0410 e. The molecule has 1 N–H and O–H groups in total. The molecule has 0 aromatic carbocycles. The summed E-state index contributed by atoms with van der Waals surface area (Å²) in [6.07, 6.45) is 3.65. The van der Waals surface area contributed by atoms with Crippen LogP contribution in [0.5, 0.6) is 0 Å². The quantitative estimate of drug-likeness (QED) is 0.681. The van der Waals surface area contributed by atoms with E-state index >= 15 is 0 Å². The van der Waals surface area contributed by atoms with E-state index in [1.54, 1.807) is 6.20 Å². The number of aromatic nitrogens is 1. The van der Waals surface area contributed by atoms with E-state index in [0.717, 1.165) is 22.9 Å². The van der Waals surface area contributed by atoms with Crippen molar-refractivity contribution in [3.8, 4) is 0 Å². The van der Waals surface area contributed by atoms with E-state index in [2.05, 4.69) is 48.2 Å². The van der Waals surface area contributed by atoms with E-state index in [-0.39, 0.29) is 0 Å². The maximum absolute atomic E-state index is 4.06. The van der Waals surface area contributed by atoms with Crippen LogP contribution >= 0.6 is 31.9 Å². The highest BCUT2D eigenvalue weighted by Crippen LogP contribution is 2.08. The molecule has 0 spiro atoms. The number of nitrogens with one attached hydrogen (secondary N) is 1. The lowest BCUT2D eigenvalue weighted by atomic mass is 10.3. The molecule has 0 amide bonds. The van der Waals surface area contributed by atoms with Gasteiger partial charge < -0.3 is 5.32 Å². The molecule has 1 aromatic rings. The second-order valence-electron chi connectivity index (χ2n) is 2.38. The van der Waals surface area contributed by atoms with Crippen LogP contribution in [0.2, 0.25) is 0 Å². The van der Waals surface area contributed by atoms with Crippen LogP contribution in [-0.2, 0) is 6.54 Å². The van der Waals surface area contributed by atoms with Gasteiger partial charge in [0.15, 0.2) is 0 Å². The zero-order valence-electron chi connectivity index (χ0n) is 6.56. The fraction of sp³-hybridized carbons (Fsp3) is 0.375. The third kappa shape index (κ3) is 3.65. The summed E-state index contributed by atoms with van der Waals surface area (Å²) in [7, 11) is 0. The molecule has 1 aromatic heterocycles. The van der Waals surface area contributed by atoms with Crippen molar-refractivity contribution in [3.63, 3.8) is 0 Å². The van der Waals surface area contributed by atoms with Gasteiger partial charge in [-0.2, -0.15) is 0 Å². The number of halogens is 2. The van der Waals surface area contributed by atoms with E-state index in [9.17, 15) is 0 Å². The standard InChI is InChI=1S/C8H10Br2N2/c9-1-2-11-4-7-3-8(10)6-12-5-7/h3,5-6,11H,1-2,4H2. The second kappa shape index (κ2) is 5.67. The molecule has 0 atom stereocenters. The summed E-state index contributed by atoms with van der Waals surface area (Å²) in [6, 6.07) is 2.06. The molecule has 0 aliphatic carbocycles. The Kier molecular flexibility index (Phi) is 4.80. The molecule has 1 rings (SSSR count). The van der Waals surface area contributed by atoms with Gasteiger partial charge in [0.1, 0.15) is 0 Å². The van der Waals surface area contributed by atoms with Gasteiger partial charge in [0.2, 0.25) is 0 Å². The summed E-state index contributed by atoms with van der Waals surface area (Å²) in [5.74, 6) is 0. The number of hydrogen-bond donors (Lipinski definition) is 1. The molecule has 1 heterocycles. The SMILES string of the molecule is BrCCNCc1cncc(Br)c1. The summed E-state index contributed by atoms with van der Waals surface area (Å²) in [5.41, 5.74) is 1.20. The van der Waals surface area contributed by atoms with Gasteiger partial charge in [0.05, 0.1) is 0 Å². The minimum absolute atomic E-state index is 0.873. The van der Waals surface area contributed by atoms with E-state index in [0.29, 0.717) is 0 Å². The zero-order valence-corrected chi connectivity index (χ0v) is 9.73. The molecule has 0 saturated carbocycles. The van der Waals surface area contributed by atoms with Crippen LogP contribution in [0.3, 0.4) is 0 Å². The Hall–Kier alpha value is 0.0700. The molecule has 2 nitrogen and oxygen atoms in total. The number of alkyl halides is 1. The average molecular weight is 294 g/mol. The highest BCUT2D eigenvalue weighted by Gasteiger charge is 1.93. The van der Waals surface area contributed by atoms with Crippen molar-refractivity contribution in [3.05, 3.63) is 28.5 Å². The molecule has 0 bridgehead atoms. The van der Waals surface area contributed by atoms with E-state index in [1.807, 2.05) is 6.20 Å². The normalized spacial score (nSPS) is 10.2. The van der Waals surface area contributed by atoms with Crippen molar-refractivity contribution in [2.45, 2.75) is 6.54 Å². The first-order chi connectivity index (χ1) is 5.83. The molecule has 0 aliphatic rings.